The van der Waals surface area contributed by atoms with Gasteiger partial charge in [-0.1, -0.05) is 11.6 Å². The molecule has 8 heteroatoms. The van der Waals surface area contributed by atoms with Crippen LogP contribution >= 0.6 is 11.6 Å². The van der Waals surface area contributed by atoms with Gasteiger partial charge in [-0.3, -0.25) is 0 Å². The van der Waals surface area contributed by atoms with Crippen LogP contribution in [0.5, 0.6) is 0 Å². The summed E-state index contributed by atoms with van der Waals surface area (Å²) >= 11 is 5.65. The first kappa shape index (κ1) is 14.1. The number of rotatable bonds is 2. The van der Waals surface area contributed by atoms with Gasteiger partial charge in [0.05, 0.1) is 11.3 Å². The molecule has 0 aliphatic heterocycles. The van der Waals surface area contributed by atoms with Gasteiger partial charge in [0, 0.05) is 5.02 Å². The quantitative estimate of drug-likeness (QED) is 0.873. The van der Waals surface area contributed by atoms with Gasteiger partial charge in [-0.15, -0.1) is 0 Å². The lowest BCUT2D eigenvalue weighted by molar-refractivity contribution is -0.122. The minimum Gasteiger partial charge on any atom is -0.329 e. The second kappa shape index (κ2) is 5.60. The SMILES string of the molecule is N#Cc1ccc(Cl)cc1NC(=O)NCC(F)(F)F. The highest BCUT2D eigenvalue weighted by Crippen LogP contribution is 2.20. The van der Waals surface area contributed by atoms with Gasteiger partial charge >= 0.3 is 12.2 Å². The van der Waals surface area contributed by atoms with Crippen molar-refractivity contribution < 1.29 is 18.0 Å². The number of nitrogens with zero attached hydrogens (tertiary/aromatic N) is 1. The third-order valence-corrected chi connectivity index (χ3v) is 2.03. The molecule has 0 aromatic heterocycles. The number of anilines is 1. The number of hydrogen-bond donors (Lipinski definition) is 2. The fourth-order valence-corrected chi connectivity index (χ4v) is 1.24. The number of benzene rings is 1. The van der Waals surface area contributed by atoms with Crippen LogP contribution in [0.25, 0.3) is 0 Å². The van der Waals surface area contributed by atoms with E-state index in [-0.39, 0.29) is 16.3 Å². The Balaban J connectivity index is 2.70. The van der Waals surface area contributed by atoms with Crippen molar-refractivity contribution >= 4 is 23.3 Å². The maximum atomic E-state index is 11.8. The Morgan fingerprint density at radius 2 is 2.11 bits per heavy atom. The molecular weight excluding hydrogens is 271 g/mol. The number of halogens is 4. The van der Waals surface area contributed by atoms with Gasteiger partial charge in [0.15, 0.2) is 0 Å². The Hall–Kier alpha value is -1.94. The third-order valence-electron chi connectivity index (χ3n) is 1.80. The van der Waals surface area contributed by atoms with Crippen molar-refractivity contribution in [3.05, 3.63) is 28.8 Å². The van der Waals surface area contributed by atoms with E-state index in [1.54, 1.807) is 11.4 Å². The van der Waals surface area contributed by atoms with Gasteiger partial charge < -0.3 is 10.6 Å². The van der Waals surface area contributed by atoms with E-state index in [4.69, 9.17) is 16.9 Å². The number of nitriles is 1. The standard InChI is InChI=1S/C10H7ClF3N3O/c11-7-2-1-6(4-15)8(3-7)17-9(18)16-5-10(12,13)14/h1-3H,5H2,(H2,16,17,18). The lowest BCUT2D eigenvalue weighted by atomic mass is 10.2. The van der Waals surface area contributed by atoms with E-state index in [9.17, 15) is 18.0 Å². The summed E-state index contributed by atoms with van der Waals surface area (Å²) in [5.74, 6) is 0. The van der Waals surface area contributed by atoms with Crippen molar-refractivity contribution in [2.24, 2.45) is 0 Å². The van der Waals surface area contributed by atoms with Crippen molar-refractivity contribution in [2.75, 3.05) is 11.9 Å². The molecule has 0 radical (unpaired) electrons. The summed E-state index contributed by atoms with van der Waals surface area (Å²) in [4.78, 5) is 11.2. The Kier molecular flexibility index (Phi) is 4.39. The number of alkyl halides is 3. The molecular formula is C10H7ClF3N3O. The highest BCUT2D eigenvalue weighted by Gasteiger charge is 2.27. The number of hydrogen-bond acceptors (Lipinski definition) is 2. The molecule has 0 heterocycles. The predicted octanol–water partition coefficient (Wildman–Crippen LogP) is 2.90. The van der Waals surface area contributed by atoms with Gasteiger partial charge in [0.25, 0.3) is 0 Å². The van der Waals surface area contributed by atoms with E-state index < -0.39 is 18.8 Å². The van der Waals surface area contributed by atoms with Crippen molar-refractivity contribution in [3.63, 3.8) is 0 Å². The first-order valence-electron chi connectivity index (χ1n) is 4.63. The lowest BCUT2D eigenvalue weighted by Crippen LogP contribution is -2.36. The second-order valence-electron chi connectivity index (χ2n) is 3.22. The molecule has 0 saturated carbocycles. The Morgan fingerprint density at radius 3 is 2.67 bits per heavy atom. The zero-order chi connectivity index (χ0) is 13.8. The van der Waals surface area contributed by atoms with Gasteiger partial charge in [0.1, 0.15) is 12.6 Å². The van der Waals surface area contributed by atoms with Crippen molar-refractivity contribution in [2.45, 2.75) is 6.18 Å². The first-order chi connectivity index (χ1) is 8.31. The zero-order valence-corrected chi connectivity index (χ0v) is 9.56. The summed E-state index contributed by atoms with van der Waals surface area (Å²) in [6.45, 7) is -1.46. The van der Waals surface area contributed by atoms with E-state index >= 15 is 0 Å². The minimum atomic E-state index is -4.50. The summed E-state index contributed by atoms with van der Waals surface area (Å²) < 4.78 is 35.5. The van der Waals surface area contributed by atoms with Gasteiger partial charge in [-0.2, -0.15) is 18.4 Å². The maximum Gasteiger partial charge on any atom is 0.405 e. The van der Waals surface area contributed by atoms with Crippen LogP contribution in [0.15, 0.2) is 18.2 Å². The molecule has 18 heavy (non-hydrogen) atoms. The van der Waals surface area contributed by atoms with Crippen molar-refractivity contribution in [1.82, 2.24) is 5.32 Å². The summed E-state index contributed by atoms with van der Waals surface area (Å²) in [5.41, 5.74) is 0.145. The summed E-state index contributed by atoms with van der Waals surface area (Å²) in [7, 11) is 0. The van der Waals surface area contributed by atoms with E-state index in [0.717, 1.165) is 0 Å². The van der Waals surface area contributed by atoms with Crippen LogP contribution in [0, 0.1) is 11.3 Å². The average molecular weight is 278 g/mol. The number of amides is 2. The monoisotopic (exact) mass is 277 g/mol. The Morgan fingerprint density at radius 1 is 1.44 bits per heavy atom. The summed E-state index contributed by atoms with van der Waals surface area (Å²) in [6.07, 6.45) is -4.50. The molecule has 96 valence electrons. The molecule has 0 spiro atoms. The molecule has 2 amide bonds. The summed E-state index contributed by atoms with van der Waals surface area (Å²) in [5, 5.41) is 12.7. The van der Waals surface area contributed by atoms with Gasteiger partial charge in [-0.05, 0) is 18.2 Å². The topological polar surface area (TPSA) is 64.9 Å². The minimum absolute atomic E-state index is 0.0460. The molecule has 1 rings (SSSR count). The summed E-state index contributed by atoms with van der Waals surface area (Å²) in [6, 6.07) is 4.76. The molecule has 0 aliphatic carbocycles. The number of urea groups is 1. The molecule has 0 aliphatic rings. The largest absolute Gasteiger partial charge is 0.405 e. The molecule has 1 aromatic carbocycles. The molecule has 4 nitrogen and oxygen atoms in total. The zero-order valence-electron chi connectivity index (χ0n) is 8.81. The Bertz CT molecular complexity index is 496. The molecule has 0 fully saturated rings. The number of nitrogens with one attached hydrogen (secondary N) is 2. The van der Waals surface area contributed by atoms with Crippen LogP contribution < -0.4 is 10.6 Å². The van der Waals surface area contributed by atoms with Crippen molar-refractivity contribution in [1.29, 1.82) is 5.26 Å². The Labute approximate surface area is 105 Å². The fraction of sp³-hybridized carbons (Fsp3) is 0.200. The third kappa shape index (κ3) is 4.51. The second-order valence-corrected chi connectivity index (χ2v) is 3.66. The molecule has 2 N–H and O–H groups in total. The number of carbonyl (C=O) groups is 1. The van der Waals surface area contributed by atoms with E-state index in [2.05, 4.69) is 5.32 Å². The van der Waals surface area contributed by atoms with E-state index in [1.165, 1.54) is 18.2 Å². The first-order valence-corrected chi connectivity index (χ1v) is 5.01. The molecule has 0 saturated heterocycles. The highest BCUT2D eigenvalue weighted by atomic mass is 35.5. The molecule has 0 atom stereocenters. The average Bonchev–Trinajstić information content (AvgIpc) is 2.26. The van der Waals surface area contributed by atoms with Crippen LogP contribution in [0.3, 0.4) is 0 Å². The molecule has 0 unspecified atom stereocenters. The fourth-order valence-electron chi connectivity index (χ4n) is 1.06. The van der Waals surface area contributed by atoms with E-state index in [1.807, 2.05) is 0 Å². The smallest absolute Gasteiger partial charge is 0.329 e. The van der Waals surface area contributed by atoms with E-state index in [0.29, 0.717) is 0 Å². The highest BCUT2D eigenvalue weighted by molar-refractivity contribution is 6.31. The van der Waals surface area contributed by atoms with Crippen LogP contribution in [-0.4, -0.2) is 18.8 Å². The lowest BCUT2D eigenvalue weighted by Gasteiger charge is -2.10. The predicted molar refractivity (Wildman–Crippen MR) is 59.2 cm³/mol. The van der Waals surface area contributed by atoms with Crippen LogP contribution in [0.4, 0.5) is 23.7 Å². The van der Waals surface area contributed by atoms with Crippen LogP contribution in [0.1, 0.15) is 5.56 Å². The van der Waals surface area contributed by atoms with Crippen molar-refractivity contribution in [3.8, 4) is 6.07 Å². The molecule has 1 aromatic rings. The van der Waals surface area contributed by atoms with Gasteiger partial charge in [-0.25, -0.2) is 4.79 Å². The van der Waals surface area contributed by atoms with Crippen LogP contribution in [-0.2, 0) is 0 Å². The molecule has 0 bridgehead atoms. The number of carbonyl (C=O) groups excluding carboxylic acids is 1. The normalized spacial score (nSPS) is 10.6. The van der Waals surface area contributed by atoms with Gasteiger partial charge in [0.2, 0.25) is 0 Å². The maximum absolute atomic E-state index is 11.8. The van der Waals surface area contributed by atoms with Crippen LogP contribution in [0.2, 0.25) is 5.02 Å².